The molecule has 0 amide bonds. The fourth-order valence-electron chi connectivity index (χ4n) is 5.46. The van der Waals surface area contributed by atoms with Crippen molar-refractivity contribution in [2.24, 2.45) is 0 Å². The molecular weight excluding hydrogens is 812 g/mol. The van der Waals surface area contributed by atoms with Crippen LogP contribution in [0.3, 0.4) is 0 Å². The van der Waals surface area contributed by atoms with E-state index in [-0.39, 0.29) is 25.9 Å². The van der Waals surface area contributed by atoms with E-state index >= 15 is 0 Å². The molecule has 0 unspecified atom stereocenters. The first-order chi connectivity index (χ1) is 21.2. The van der Waals surface area contributed by atoms with E-state index in [2.05, 4.69) is 95.8 Å². The van der Waals surface area contributed by atoms with Gasteiger partial charge >= 0.3 is 106 Å². The monoisotopic (exact) mass is 847 g/mol. The second-order valence-corrected chi connectivity index (χ2v) is 23.7. The molecule has 0 N–H and O–H groups in total. The number of hydrogen-bond donors (Lipinski definition) is 0. The van der Waals surface area contributed by atoms with Crippen LogP contribution in [0.25, 0.3) is 53.8 Å². The van der Waals surface area contributed by atoms with Gasteiger partial charge in [-0.05, 0) is 46.5 Å². The number of rotatable bonds is 4. The Hall–Kier alpha value is -3.48. The van der Waals surface area contributed by atoms with E-state index in [9.17, 15) is 4.39 Å². The fraction of sp³-hybridized carbons (Fsp3) is 0.128. The van der Waals surface area contributed by atoms with Crippen molar-refractivity contribution in [2.75, 3.05) is 0 Å². The Kier molecular flexibility index (Phi) is 10.2. The molecule has 2 nitrogen and oxygen atoms in total. The summed E-state index contributed by atoms with van der Waals surface area (Å²) in [5, 5.41) is 2.37. The van der Waals surface area contributed by atoms with E-state index in [4.69, 9.17) is 0 Å². The van der Waals surface area contributed by atoms with Gasteiger partial charge in [-0.3, -0.25) is 0 Å². The van der Waals surface area contributed by atoms with Gasteiger partial charge in [0.25, 0.3) is 0 Å². The van der Waals surface area contributed by atoms with E-state index in [1.807, 2.05) is 54.7 Å². The maximum absolute atomic E-state index is 14.1. The number of aryl methyl sites for hydroxylation is 2. The fourth-order valence-corrected chi connectivity index (χ4v) is 10.1. The maximum Gasteiger partial charge on any atom is 0.131 e. The summed E-state index contributed by atoms with van der Waals surface area (Å²) in [6.45, 7) is 4.26. The van der Waals surface area contributed by atoms with Crippen molar-refractivity contribution in [3.05, 3.63) is 139 Å². The number of thiophene rings is 1. The van der Waals surface area contributed by atoms with Crippen LogP contribution in [0, 0.1) is 31.8 Å². The first-order valence-corrected chi connectivity index (χ1v) is 22.8. The molecule has 0 bridgehead atoms. The summed E-state index contributed by atoms with van der Waals surface area (Å²) in [5.74, 6) is 7.01. The molecule has 0 aliphatic carbocycles. The van der Waals surface area contributed by atoms with Gasteiger partial charge in [0.05, 0.1) is 0 Å². The molecule has 0 spiro atoms. The van der Waals surface area contributed by atoms with Gasteiger partial charge in [-0.2, -0.15) is 11.3 Å². The third-order valence-electron chi connectivity index (χ3n) is 7.68. The number of pyridine rings is 2. The minimum Gasteiger partial charge on any atom is -0.305 e. The second kappa shape index (κ2) is 13.9. The summed E-state index contributed by atoms with van der Waals surface area (Å²) in [7, 11) is 0. The number of hydrogen-bond acceptors (Lipinski definition) is 3. The predicted octanol–water partition coefficient (Wildman–Crippen LogP) is 10.4. The first-order valence-electron chi connectivity index (χ1n) is 14.7. The van der Waals surface area contributed by atoms with Gasteiger partial charge in [-0.15, -0.1) is 23.8 Å². The van der Waals surface area contributed by atoms with E-state index < -0.39 is 13.3 Å². The summed E-state index contributed by atoms with van der Waals surface area (Å²) >= 11 is -0.0633. The van der Waals surface area contributed by atoms with Gasteiger partial charge in [0.2, 0.25) is 0 Å². The molecule has 0 fully saturated rings. The molecular formula is C39H33FGeIrN2S-2. The Morgan fingerprint density at radius 2 is 1.51 bits per heavy atom. The molecule has 0 aliphatic rings. The van der Waals surface area contributed by atoms with E-state index in [0.29, 0.717) is 5.56 Å². The molecule has 7 rings (SSSR count). The summed E-state index contributed by atoms with van der Waals surface area (Å²) < 4.78 is 18.0. The summed E-state index contributed by atoms with van der Waals surface area (Å²) in [4.78, 5) is 9.07. The zero-order chi connectivity index (χ0) is 30.8. The molecule has 45 heavy (non-hydrogen) atoms. The summed E-state index contributed by atoms with van der Waals surface area (Å²) in [5.41, 5.74) is 8.10. The first kappa shape index (κ1) is 32.9. The van der Waals surface area contributed by atoms with Crippen LogP contribution in [0.2, 0.25) is 17.3 Å². The van der Waals surface area contributed by atoms with Gasteiger partial charge in [0, 0.05) is 36.6 Å². The number of benzene rings is 4. The molecule has 0 aliphatic heterocycles. The molecule has 227 valence electrons. The van der Waals surface area contributed by atoms with Crippen molar-refractivity contribution in [1.29, 1.82) is 0 Å². The second-order valence-electron chi connectivity index (χ2n) is 12.0. The van der Waals surface area contributed by atoms with Crippen molar-refractivity contribution in [1.82, 2.24) is 9.97 Å². The average Bonchev–Trinajstić information content (AvgIpc) is 3.38. The minimum atomic E-state index is -1.77. The largest absolute Gasteiger partial charge is 0.305 e. The van der Waals surface area contributed by atoms with Crippen molar-refractivity contribution in [3.63, 3.8) is 0 Å². The van der Waals surface area contributed by atoms with Gasteiger partial charge in [0.1, 0.15) is 5.82 Å². The molecule has 0 saturated carbocycles. The van der Waals surface area contributed by atoms with Crippen LogP contribution in [0.15, 0.2) is 109 Å². The molecule has 4 aromatic carbocycles. The van der Waals surface area contributed by atoms with E-state index in [1.165, 1.54) is 37.1 Å². The van der Waals surface area contributed by atoms with Crippen LogP contribution in [0.1, 0.15) is 11.1 Å². The summed E-state index contributed by atoms with van der Waals surface area (Å²) in [6, 6.07) is 38.1. The topological polar surface area (TPSA) is 25.8 Å². The quantitative estimate of drug-likeness (QED) is 0.130. The van der Waals surface area contributed by atoms with Gasteiger partial charge in [-0.1, -0.05) is 47.3 Å². The molecule has 0 atom stereocenters. The number of aromatic nitrogens is 2. The SMILES string of the molecule is Cc1cc(-c2[c-]cccc2)nc[c]1[Ge]([CH3])([CH3])[CH3].Cc1ccnc(-c2[c-]cc3sc4cc(-c5ccccc5F)ccc4c3c2)c1.[Ir]. The molecule has 7 aromatic rings. The predicted molar refractivity (Wildman–Crippen MR) is 188 cm³/mol. The Balaban J connectivity index is 0.000000193. The standard InChI is InChI=1S/C24H15FNS.C15H18GeN.Ir/c1-15-10-11-26-22(12-15)17-7-9-23-20(13-17)19-8-6-16(14-24(19)27-23)18-4-2-3-5-21(18)25;1-12-10-15(13-8-6-5-7-9-13)17-11-14(12)16(2,3)4;/h2-6,8-14H,1H3;5-8,10-11H,1-4H3;/q2*-1;. The van der Waals surface area contributed by atoms with Crippen LogP contribution in [-0.4, -0.2) is 23.2 Å². The zero-order valence-corrected chi connectivity index (χ0v) is 31.2. The van der Waals surface area contributed by atoms with Crippen LogP contribution >= 0.6 is 11.3 Å². The van der Waals surface area contributed by atoms with Gasteiger partial charge in [-0.25, -0.2) is 4.39 Å². The normalized spacial score (nSPS) is 11.2. The van der Waals surface area contributed by atoms with Crippen LogP contribution in [0.4, 0.5) is 4.39 Å². The zero-order valence-electron chi connectivity index (χ0n) is 25.9. The summed E-state index contributed by atoms with van der Waals surface area (Å²) in [6.07, 6.45) is 3.90. The third kappa shape index (κ3) is 7.34. The Morgan fingerprint density at radius 3 is 2.22 bits per heavy atom. The smallest absolute Gasteiger partial charge is 0.131 e. The Bertz CT molecular complexity index is 2100. The molecule has 0 saturated heterocycles. The van der Waals surface area contributed by atoms with E-state index in [0.717, 1.165) is 32.8 Å². The minimum absolute atomic E-state index is 0. The molecule has 3 aromatic heterocycles. The van der Waals surface area contributed by atoms with Crippen molar-refractivity contribution >= 4 is 49.2 Å². The number of nitrogens with zero attached hydrogens (tertiary/aromatic N) is 2. The molecule has 1 radical (unpaired) electrons. The Morgan fingerprint density at radius 1 is 0.733 bits per heavy atom. The van der Waals surface area contributed by atoms with Gasteiger partial charge in [0.15, 0.2) is 0 Å². The van der Waals surface area contributed by atoms with Gasteiger partial charge < -0.3 is 4.98 Å². The number of fused-ring (bicyclic) bond motifs is 3. The number of halogens is 1. The van der Waals surface area contributed by atoms with Crippen molar-refractivity contribution < 1.29 is 24.5 Å². The molecule has 3 heterocycles. The maximum atomic E-state index is 14.1. The van der Waals surface area contributed by atoms with Crippen molar-refractivity contribution in [2.45, 2.75) is 31.1 Å². The molecule has 6 heteroatoms. The average molecular weight is 846 g/mol. The van der Waals surface area contributed by atoms with Crippen LogP contribution in [-0.2, 0) is 20.1 Å². The van der Waals surface area contributed by atoms with Crippen molar-refractivity contribution in [3.8, 4) is 33.6 Å². The third-order valence-corrected chi connectivity index (χ3v) is 13.3. The van der Waals surface area contributed by atoms with E-state index in [1.54, 1.807) is 17.4 Å². The Labute approximate surface area is 285 Å². The van der Waals surface area contributed by atoms with Crippen LogP contribution in [0.5, 0.6) is 0 Å². The van der Waals surface area contributed by atoms with Crippen LogP contribution < -0.4 is 4.40 Å².